The van der Waals surface area contributed by atoms with E-state index in [9.17, 15) is 9.18 Å². The highest BCUT2D eigenvalue weighted by Crippen LogP contribution is 2.23. The number of anilines is 1. The largest absolute Gasteiger partial charge is 0.469 e. The van der Waals surface area contributed by atoms with Crippen LogP contribution in [-0.4, -0.2) is 13.1 Å². The number of ether oxygens (including phenoxy) is 1. The lowest BCUT2D eigenvalue weighted by molar-refractivity contribution is -0.139. The fourth-order valence-electron chi connectivity index (χ4n) is 0.967. The molecule has 0 bridgehead atoms. The third-order valence-electron chi connectivity index (χ3n) is 1.73. The van der Waals surface area contributed by atoms with Crippen molar-refractivity contribution in [1.29, 1.82) is 0 Å². The summed E-state index contributed by atoms with van der Waals surface area (Å²) >= 11 is 3.15. The molecule has 5 heteroatoms. The topological polar surface area (TPSA) is 52.3 Å². The highest BCUT2D eigenvalue weighted by atomic mass is 79.9. The first-order chi connectivity index (χ1) is 6.54. The lowest BCUT2D eigenvalue weighted by Crippen LogP contribution is -2.06. The van der Waals surface area contributed by atoms with E-state index in [1.54, 1.807) is 0 Å². The summed E-state index contributed by atoms with van der Waals surface area (Å²) < 4.78 is 18.2. The first-order valence-electron chi connectivity index (χ1n) is 3.84. The molecule has 1 aromatic carbocycles. The van der Waals surface area contributed by atoms with Gasteiger partial charge in [0.1, 0.15) is 5.82 Å². The van der Waals surface area contributed by atoms with E-state index in [2.05, 4.69) is 20.7 Å². The number of rotatable bonds is 2. The molecule has 0 aliphatic rings. The summed E-state index contributed by atoms with van der Waals surface area (Å²) in [5.74, 6) is -0.989. The molecule has 0 saturated carbocycles. The lowest BCUT2D eigenvalue weighted by Gasteiger charge is -2.04. The standard InChI is InChI=1S/C9H9BrFNO2/c1-14-9(13)3-5-2-6(10)8(12)4-7(5)11/h2,4H,3,12H2,1H3. The maximum Gasteiger partial charge on any atom is 0.310 e. The van der Waals surface area contributed by atoms with Gasteiger partial charge >= 0.3 is 5.97 Å². The van der Waals surface area contributed by atoms with Crippen LogP contribution in [0.25, 0.3) is 0 Å². The molecular weight excluding hydrogens is 253 g/mol. The molecule has 0 fully saturated rings. The molecule has 3 nitrogen and oxygen atoms in total. The number of carbonyl (C=O) groups excluding carboxylic acids is 1. The summed E-state index contributed by atoms with van der Waals surface area (Å²) in [7, 11) is 1.26. The van der Waals surface area contributed by atoms with Gasteiger partial charge in [-0.25, -0.2) is 4.39 Å². The van der Waals surface area contributed by atoms with E-state index in [4.69, 9.17) is 5.73 Å². The average Bonchev–Trinajstić information content (AvgIpc) is 2.14. The molecule has 14 heavy (non-hydrogen) atoms. The van der Waals surface area contributed by atoms with Crippen molar-refractivity contribution in [2.24, 2.45) is 0 Å². The Hall–Kier alpha value is -1.10. The van der Waals surface area contributed by atoms with Crippen molar-refractivity contribution in [3.63, 3.8) is 0 Å². The number of hydrogen-bond donors (Lipinski definition) is 1. The van der Waals surface area contributed by atoms with Crippen LogP contribution in [0.1, 0.15) is 5.56 Å². The number of benzene rings is 1. The molecule has 0 aliphatic carbocycles. The van der Waals surface area contributed by atoms with E-state index in [1.165, 1.54) is 19.2 Å². The zero-order valence-electron chi connectivity index (χ0n) is 7.51. The Kier molecular flexibility index (Phi) is 3.46. The van der Waals surface area contributed by atoms with E-state index >= 15 is 0 Å². The second kappa shape index (κ2) is 4.41. The van der Waals surface area contributed by atoms with Crippen LogP contribution in [0.4, 0.5) is 10.1 Å². The summed E-state index contributed by atoms with van der Waals surface area (Å²) in [6, 6.07) is 2.64. The minimum absolute atomic E-state index is 0.0960. The Labute approximate surface area is 89.2 Å². The van der Waals surface area contributed by atoms with Gasteiger partial charge in [-0.3, -0.25) is 4.79 Å². The van der Waals surface area contributed by atoms with Crippen molar-refractivity contribution in [3.8, 4) is 0 Å². The average molecular weight is 262 g/mol. The molecule has 0 spiro atoms. The van der Waals surface area contributed by atoms with E-state index in [0.29, 0.717) is 10.2 Å². The van der Waals surface area contributed by atoms with Crippen LogP contribution < -0.4 is 5.73 Å². The van der Waals surface area contributed by atoms with Gasteiger partial charge in [0.05, 0.1) is 13.5 Å². The van der Waals surface area contributed by atoms with Gasteiger partial charge in [-0.2, -0.15) is 0 Å². The van der Waals surface area contributed by atoms with E-state index in [-0.39, 0.29) is 12.0 Å². The molecule has 0 atom stereocenters. The highest BCUT2D eigenvalue weighted by molar-refractivity contribution is 9.10. The van der Waals surface area contributed by atoms with Crippen LogP contribution in [0, 0.1) is 5.82 Å². The molecule has 0 heterocycles. The van der Waals surface area contributed by atoms with Crippen molar-refractivity contribution in [1.82, 2.24) is 0 Å². The SMILES string of the molecule is COC(=O)Cc1cc(Br)c(N)cc1F. The number of nitrogen functional groups attached to an aromatic ring is 1. The van der Waals surface area contributed by atoms with Gasteiger partial charge in [0.25, 0.3) is 0 Å². The first-order valence-corrected chi connectivity index (χ1v) is 4.64. The summed E-state index contributed by atoms with van der Waals surface area (Å²) in [6.07, 6.45) is -0.0960. The molecule has 1 aromatic rings. The fourth-order valence-corrected chi connectivity index (χ4v) is 1.36. The Morgan fingerprint density at radius 3 is 2.86 bits per heavy atom. The normalized spacial score (nSPS) is 9.93. The van der Waals surface area contributed by atoms with Gasteiger partial charge in [0.2, 0.25) is 0 Å². The van der Waals surface area contributed by atoms with E-state index in [0.717, 1.165) is 0 Å². The zero-order valence-corrected chi connectivity index (χ0v) is 9.10. The Morgan fingerprint density at radius 1 is 1.64 bits per heavy atom. The molecule has 2 N–H and O–H groups in total. The Bertz CT molecular complexity index is 368. The van der Waals surface area contributed by atoms with Crippen LogP contribution in [0.2, 0.25) is 0 Å². The van der Waals surface area contributed by atoms with Gasteiger partial charge in [-0.1, -0.05) is 0 Å². The molecule has 0 amide bonds. The number of methoxy groups -OCH3 is 1. The number of halogens is 2. The predicted molar refractivity (Wildman–Crippen MR) is 54.2 cm³/mol. The first kappa shape index (κ1) is 11.0. The Morgan fingerprint density at radius 2 is 2.29 bits per heavy atom. The quantitative estimate of drug-likeness (QED) is 0.654. The molecule has 0 radical (unpaired) electrons. The highest BCUT2D eigenvalue weighted by Gasteiger charge is 2.10. The van der Waals surface area contributed by atoms with Crippen molar-refractivity contribution in [2.45, 2.75) is 6.42 Å². The van der Waals surface area contributed by atoms with E-state index < -0.39 is 11.8 Å². The third-order valence-corrected chi connectivity index (χ3v) is 2.41. The van der Waals surface area contributed by atoms with Crippen LogP contribution >= 0.6 is 15.9 Å². The van der Waals surface area contributed by atoms with Crippen molar-refractivity contribution in [3.05, 3.63) is 28.0 Å². The Balaban J connectivity index is 2.98. The smallest absolute Gasteiger partial charge is 0.310 e. The molecule has 0 aromatic heterocycles. The van der Waals surface area contributed by atoms with Crippen LogP contribution in [0.5, 0.6) is 0 Å². The van der Waals surface area contributed by atoms with Gasteiger partial charge in [0.15, 0.2) is 0 Å². The van der Waals surface area contributed by atoms with Crippen LogP contribution in [0.3, 0.4) is 0 Å². The van der Waals surface area contributed by atoms with Crippen LogP contribution in [-0.2, 0) is 16.0 Å². The number of hydrogen-bond acceptors (Lipinski definition) is 3. The zero-order chi connectivity index (χ0) is 10.7. The second-order valence-corrected chi connectivity index (χ2v) is 3.57. The predicted octanol–water partition coefficient (Wildman–Crippen LogP) is 1.89. The van der Waals surface area contributed by atoms with Crippen molar-refractivity contribution < 1.29 is 13.9 Å². The molecular formula is C9H9BrFNO2. The minimum atomic E-state index is -0.504. The second-order valence-electron chi connectivity index (χ2n) is 2.72. The maximum atomic E-state index is 13.2. The van der Waals surface area contributed by atoms with Crippen LogP contribution in [0.15, 0.2) is 16.6 Å². The molecule has 0 unspecified atom stereocenters. The van der Waals surface area contributed by atoms with Gasteiger partial charge in [-0.05, 0) is 28.1 Å². The van der Waals surface area contributed by atoms with Gasteiger partial charge in [0, 0.05) is 15.7 Å². The number of nitrogens with two attached hydrogens (primary N) is 1. The number of esters is 1. The van der Waals surface area contributed by atoms with Gasteiger partial charge < -0.3 is 10.5 Å². The summed E-state index contributed by atoms with van der Waals surface area (Å²) in [5, 5.41) is 0. The number of carbonyl (C=O) groups is 1. The lowest BCUT2D eigenvalue weighted by atomic mass is 10.1. The summed E-state index contributed by atoms with van der Waals surface area (Å²) in [5.41, 5.74) is 6.01. The van der Waals surface area contributed by atoms with Crippen molar-refractivity contribution >= 4 is 27.6 Å². The minimum Gasteiger partial charge on any atom is -0.469 e. The monoisotopic (exact) mass is 261 g/mol. The third kappa shape index (κ3) is 2.45. The molecule has 0 saturated heterocycles. The molecule has 0 aliphatic heterocycles. The molecule has 1 rings (SSSR count). The summed E-state index contributed by atoms with van der Waals surface area (Å²) in [4.78, 5) is 10.9. The fraction of sp³-hybridized carbons (Fsp3) is 0.222. The van der Waals surface area contributed by atoms with Crippen molar-refractivity contribution in [2.75, 3.05) is 12.8 Å². The van der Waals surface area contributed by atoms with E-state index in [1.807, 2.05) is 0 Å². The summed E-state index contributed by atoms with van der Waals surface area (Å²) in [6.45, 7) is 0. The molecule has 76 valence electrons. The van der Waals surface area contributed by atoms with Gasteiger partial charge in [-0.15, -0.1) is 0 Å². The maximum absolute atomic E-state index is 13.2.